The van der Waals surface area contributed by atoms with Crippen molar-refractivity contribution in [1.29, 1.82) is 0 Å². The maximum Gasteiger partial charge on any atom is 0.338 e. The van der Waals surface area contributed by atoms with E-state index in [1.807, 2.05) is 6.92 Å². The Morgan fingerprint density at radius 2 is 1.77 bits per heavy atom. The number of amides is 3. The molecule has 13 heteroatoms. The lowest BCUT2D eigenvalue weighted by atomic mass is 10.1. The minimum absolute atomic E-state index is 0.167. The highest BCUT2D eigenvalue weighted by Gasteiger charge is 2.33. The van der Waals surface area contributed by atoms with Crippen LogP contribution in [0.1, 0.15) is 18.1 Å². The van der Waals surface area contributed by atoms with E-state index in [0.29, 0.717) is 49.3 Å². The molecular weight excluding hydrogens is 624 g/mol. The van der Waals surface area contributed by atoms with E-state index in [9.17, 15) is 9.59 Å². The highest BCUT2D eigenvalue weighted by atomic mass is 35.5. The third-order valence-corrected chi connectivity index (χ3v) is 7.78. The van der Waals surface area contributed by atoms with Crippen molar-refractivity contribution in [2.24, 2.45) is 0 Å². The second kappa shape index (κ2) is 13.1. The minimum Gasteiger partial charge on any atom is -0.490 e. The molecule has 202 valence electrons. The number of urea groups is 1. The summed E-state index contributed by atoms with van der Waals surface area (Å²) in [6, 6.07) is 14.4. The van der Waals surface area contributed by atoms with E-state index in [1.165, 1.54) is 6.07 Å². The second-order valence-electron chi connectivity index (χ2n) is 7.88. The number of anilines is 1. The first-order valence-electron chi connectivity index (χ1n) is 11.3. The fraction of sp³-hybridized carbons (Fsp3) is 0.115. The van der Waals surface area contributed by atoms with E-state index in [1.54, 1.807) is 54.6 Å². The normalized spacial score (nSPS) is 14.1. The Morgan fingerprint density at radius 3 is 2.49 bits per heavy atom. The Morgan fingerprint density at radius 1 is 0.974 bits per heavy atom. The number of nitrogens with zero attached hydrogens (tertiary/aromatic N) is 1. The number of ether oxygens (including phenoxy) is 2. The smallest absolute Gasteiger partial charge is 0.338 e. The van der Waals surface area contributed by atoms with Gasteiger partial charge in [0.2, 0.25) is 0 Å². The molecule has 0 aromatic heterocycles. The van der Waals surface area contributed by atoms with Crippen LogP contribution in [0.25, 0.3) is 6.08 Å². The fourth-order valence-electron chi connectivity index (χ4n) is 3.35. The van der Waals surface area contributed by atoms with Crippen LogP contribution in [0.3, 0.4) is 0 Å². The van der Waals surface area contributed by atoms with E-state index in [2.05, 4.69) is 10.7 Å². The van der Waals surface area contributed by atoms with Gasteiger partial charge in [-0.2, -0.15) is 5.01 Å². The molecule has 1 aliphatic rings. The molecule has 0 bridgehead atoms. The van der Waals surface area contributed by atoms with E-state index in [4.69, 9.17) is 68.1 Å². The van der Waals surface area contributed by atoms with Gasteiger partial charge >= 0.3 is 6.03 Å². The van der Waals surface area contributed by atoms with Crippen molar-refractivity contribution in [3.63, 3.8) is 0 Å². The van der Waals surface area contributed by atoms with Crippen molar-refractivity contribution >= 4 is 98.4 Å². The number of thioether (sulfide) groups is 1. The number of nitrogens with one attached hydrogen (secondary N) is 2. The Bertz CT molecular complexity index is 1490. The molecule has 0 atom stereocenters. The van der Waals surface area contributed by atoms with Crippen LogP contribution >= 0.6 is 70.4 Å². The molecule has 1 aliphatic heterocycles. The monoisotopic (exact) mass is 641 g/mol. The number of hydrogen-bond donors (Lipinski definition) is 2. The molecule has 0 radical (unpaired) electrons. The zero-order valence-electron chi connectivity index (χ0n) is 20.1. The summed E-state index contributed by atoms with van der Waals surface area (Å²) in [6.07, 6.45) is 1.65. The Labute approximate surface area is 254 Å². The summed E-state index contributed by atoms with van der Waals surface area (Å²) in [7, 11) is 0. The second-order valence-corrected chi connectivity index (χ2v) is 11.2. The molecule has 0 unspecified atom stereocenters. The van der Waals surface area contributed by atoms with E-state index in [0.717, 1.165) is 22.3 Å². The number of benzene rings is 3. The van der Waals surface area contributed by atoms with Crippen molar-refractivity contribution in [2.75, 3.05) is 11.9 Å². The molecule has 1 fully saturated rings. The summed E-state index contributed by atoms with van der Waals surface area (Å²) in [5.41, 5.74) is 4.29. The molecule has 0 spiro atoms. The van der Waals surface area contributed by atoms with Gasteiger partial charge in [-0.05, 0) is 73.2 Å². The van der Waals surface area contributed by atoms with Crippen molar-refractivity contribution in [3.8, 4) is 11.5 Å². The summed E-state index contributed by atoms with van der Waals surface area (Å²) < 4.78 is 11.9. The molecule has 4 rings (SSSR count). The molecule has 0 aliphatic carbocycles. The van der Waals surface area contributed by atoms with Gasteiger partial charge in [-0.25, -0.2) is 10.2 Å². The molecule has 3 aromatic carbocycles. The number of thiocarbonyl (C=S) groups is 1. The van der Waals surface area contributed by atoms with Crippen LogP contribution in [-0.2, 0) is 11.4 Å². The maximum atomic E-state index is 13.0. The lowest BCUT2D eigenvalue weighted by Crippen LogP contribution is -2.46. The summed E-state index contributed by atoms with van der Waals surface area (Å²) in [4.78, 5) is 25.8. The highest BCUT2D eigenvalue weighted by molar-refractivity contribution is 8.26. The van der Waals surface area contributed by atoms with Crippen LogP contribution in [0.4, 0.5) is 10.5 Å². The standard InChI is InChI=1S/C26H19Cl4N3O4S2/c1-2-36-22-9-14(3-8-21(22)37-13-15-4-5-16(27)11-19(15)29)10-23-24(34)33(26(38)39-23)32-25(35)31-17-6-7-18(28)20(30)12-17/h3-12H,2,13H2,1H3,(H2,31,32,35)/b23-10+. The lowest BCUT2D eigenvalue weighted by molar-refractivity contribution is -0.123. The Balaban J connectivity index is 1.45. The van der Waals surface area contributed by atoms with Crippen LogP contribution < -0.4 is 20.2 Å². The fourth-order valence-corrected chi connectivity index (χ4v) is 5.29. The van der Waals surface area contributed by atoms with Gasteiger partial charge in [0.05, 0.1) is 21.6 Å². The van der Waals surface area contributed by atoms with Crippen molar-refractivity contribution in [3.05, 3.63) is 90.7 Å². The van der Waals surface area contributed by atoms with Crippen molar-refractivity contribution in [1.82, 2.24) is 10.4 Å². The molecule has 2 N–H and O–H groups in total. The number of halogens is 4. The predicted octanol–water partition coefficient (Wildman–Crippen LogP) is 8.22. The molecular formula is C26H19Cl4N3O4S2. The van der Waals surface area contributed by atoms with Gasteiger partial charge in [0, 0.05) is 21.3 Å². The van der Waals surface area contributed by atoms with Gasteiger partial charge in [-0.1, -0.05) is 70.3 Å². The number of carbonyl (C=O) groups is 2. The first kappa shape index (κ1) is 29.3. The topological polar surface area (TPSA) is 79.9 Å². The zero-order valence-corrected chi connectivity index (χ0v) is 24.8. The average molecular weight is 643 g/mol. The van der Waals surface area contributed by atoms with Gasteiger partial charge in [-0.3, -0.25) is 4.79 Å². The van der Waals surface area contributed by atoms with Crippen molar-refractivity contribution in [2.45, 2.75) is 13.5 Å². The third kappa shape index (κ3) is 7.51. The summed E-state index contributed by atoms with van der Waals surface area (Å²) in [5.74, 6) is 0.518. The van der Waals surface area contributed by atoms with Gasteiger partial charge < -0.3 is 14.8 Å². The summed E-state index contributed by atoms with van der Waals surface area (Å²) in [6.45, 7) is 2.47. The average Bonchev–Trinajstić information content (AvgIpc) is 3.14. The van der Waals surface area contributed by atoms with Crippen LogP contribution in [0.15, 0.2) is 59.5 Å². The van der Waals surface area contributed by atoms with E-state index < -0.39 is 11.9 Å². The van der Waals surface area contributed by atoms with Crippen molar-refractivity contribution < 1.29 is 19.1 Å². The van der Waals surface area contributed by atoms with Crippen LogP contribution in [0, 0.1) is 0 Å². The van der Waals surface area contributed by atoms with Gasteiger partial charge in [0.15, 0.2) is 15.8 Å². The van der Waals surface area contributed by atoms with Crippen LogP contribution in [-0.4, -0.2) is 27.9 Å². The molecule has 7 nitrogen and oxygen atoms in total. The molecule has 1 saturated heterocycles. The first-order chi connectivity index (χ1) is 18.6. The largest absolute Gasteiger partial charge is 0.490 e. The minimum atomic E-state index is -0.674. The predicted molar refractivity (Wildman–Crippen MR) is 162 cm³/mol. The summed E-state index contributed by atoms with van der Waals surface area (Å²) in [5, 5.41) is 5.24. The number of carbonyl (C=O) groups excluding carboxylic acids is 2. The molecule has 3 aromatic rings. The first-order valence-corrected chi connectivity index (χ1v) is 14.0. The SMILES string of the molecule is CCOc1cc(/C=C2/SC(=S)N(NC(=O)Nc3ccc(Cl)c(Cl)c3)C2=O)ccc1OCc1ccc(Cl)cc1Cl. The van der Waals surface area contributed by atoms with Crippen LogP contribution in [0.2, 0.25) is 20.1 Å². The van der Waals surface area contributed by atoms with Crippen LogP contribution in [0.5, 0.6) is 11.5 Å². The quantitative estimate of drug-likeness (QED) is 0.190. The van der Waals surface area contributed by atoms with E-state index >= 15 is 0 Å². The van der Waals surface area contributed by atoms with E-state index in [-0.39, 0.29) is 16.0 Å². The third-order valence-electron chi connectivity index (χ3n) is 5.15. The maximum absolute atomic E-state index is 13.0. The number of hydrogen-bond acceptors (Lipinski definition) is 6. The number of hydrazine groups is 1. The highest BCUT2D eigenvalue weighted by Crippen LogP contribution is 2.35. The van der Waals surface area contributed by atoms with Gasteiger partial charge in [-0.15, -0.1) is 0 Å². The summed E-state index contributed by atoms with van der Waals surface area (Å²) >= 11 is 30.4. The molecule has 3 amide bonds. The van der Waals surface area contributed by atoms with Gasteiger partial charge in [0.25, 0.3) is 5.91 Å². The zero-order chi connectivity index (χ0) is 28.1. The molecule has 1 heterocycles. The number of rotatable bonds is 8. The molecule has 0 saturated carbocycles. The van der Waals surface area contributed by atoms with Gasteiger partial charge in [0.1, 0.15) is 6.61 Å². The Hall–Kier alpha value is -2.66. The lowest BCUT2D eigenvalue weighted by Gasteiger charge is -2.16. The Kier molecular flexibility index (Phi) is 9.87. The molecule has 39 heavy (non-hydrogen) atoms.